The molecule has 0 spiro atoms. The second kappa shape index (κ2) is 12.5. The van der Waals surface area contributed by atoms with E-state index in [1.807, 2.05) is 22.6 Å². The molecule has 36 heavy (non-hydrogen) atoms. The van der Waals surface area contributed by atoms with Gasteiger partial charge in [0.2, 0.25) is 0 Å². The average molecular weight is 626 g/mol. The Morgan fingerprint density at radius 3 is 2.19 bits per heavy atom. The van der Waals surface area contributed by atoms with E-state index >= 15 is 0 Å². The number of rotatable bonds is 8. The molecule has 2 rings (SSSR count). The number of allylic oxidation sites excluding steroid dienone is 1. The van der Waals surface area contributed by atoms with Gasteiger partial charge in [0.1, 0.15) is 12.4 Å². The summed E-state index contributed by atoms with van der Waals surface area (Å²) >= 11 is 2.03. The van der Waals surface area contributed by atoms with E-state index in [2.05, 4.69) is 11.8 Å². The molecule has 0 aliphatic heterocycles. The number of carboxylic acids is 1. The monoisotopic (exact) mass is 626 g/mol. The number of halogens is 7. The van der Waals surface area contributed by atoms with Gasteiger partial charge in [0.05, 0.1) is 14.7 Å². The van der Waals surface area contributed by atoms with Gasteiger partial charge in [-0.3, -0.25) is 0 Å². The lowest BCUT2D eigenvalue weighted by molar-refractivity contribution is -0.150. The van der Waals surface area contributed by atoms with Gasteiger partial charge >= 0.3 is 18.3 Å². The molecule has 1 N–H and O–H groups in total. The van der Waals surface area contributed by atoms with Crippen molar-refractivity contribution in [2.24, 2.45) is 0 Å². The lowest BCUT2D eigenvalue weighted by Gasteiger charge is -2.13. The van der Waals surface area contributed by atoms with Gasteiger partial charge in [-0.15, -0.1) is 0 Å². The molecule has 0 aliphatic rings. The number of benzene rings is 2. The fraction of sp³-hybridized carbons (Fsp3) is 0.320. The Morgan fingerprint density at radius 2 is 1.69 bits per heavy atom. The van der Waals surface area contributed by atoms with E-state index in [1.165, 1.54) is 6.08 Å². The zero-order chi connectivity index (χ0) is 27.1. The van der Waals surface area contributed by atoms with Gasteiger partial charge in [0.15, 0.2) is 6.10 Å². The van der Waals surface area contributed by atoms with Crippen molar-refractivity contribution in [1.29, 1.82) is 0 Å². The van der Waals surface area contributed by atoms with Gasteiger partial charge in [0.25, 0.3) is 0 Å². The number of aliphatic carboxylic acids is 1. The quantitative estimate of drug-likeness (QED) is 0.201. The van der Waals surface area contributed by atoms with Gasteiger partial charge < -0.3 is 14.6 Å². The molecule has 0 saturated heterocycles. The third-order valence-corrected chi connectivity index (χ3v) is 5.52. The van der Waals surface area contributed by atoms with Crippen LogP contribution < -0.4 is 4.74 Å². The van der Waals surface area contributed by atoms with Gasteiger partial charge in [-0.05, 0) is 84.0 Å². The standard InChI is InChI=1S/C25H21F6IO4/c1-3-35-22(23(33)34)13-17-6-7-21(20(32)12-17)36-9-8-15(2)4-5-16-10-18(24(26,27)28)14-19(11-16)25(29,30)31/h6-8,10-12,14,22H,3,9,13H2,1-2H3,(H,33,34). The summed E-state index contributed by atoms with van der Waals surface area (Å²) in [5.41, 5.74) is -2.15. The second-order valence-electron chi connectivity index (χ2n) is 7.49. The highest BCUT2D eigenvalue weighted by Crippen LogP contribution is 2.36. The summed E-state index contributed by atoms with van der Waals surface area (Å²) in [5.74, 6) is 4.32. The summed E-state index contributed by atoms with van der Waals surface area (Å²) in [6, 6.07) is 6.31. The smallest absolute Gasteiger partial charge is 0.416 e. The first kappa shape index (κ1) is 29.5. The molecule has 0 aromatic heterocycles. The number of hydrogen-bond acceptors (Lipinski definition) is 3. The molecular weight excluding hydrogens is 605 g/mol. The number of carboxylic acid groups (broad SMARTS) is 1. The number of hydrogen-bond donors (Lipinski definition) is 1. The van der Waals surface area contributed by atoms with Crippen LogP contribution in [0.25, 0.3) is 0 Å². The first-order chi connectivity index (χ1) is 16.7. The van der Waals surface area contributed by atoms with Crippen molar-refractivity contribution < 1.29 is 45.7 Å². The Kier molecular flexibility index (Phi) is 10.2. The third kappa shape index (κ3) is 9.05. The van der Waals surface area contributed by atoms with Gasteiger partial charge in [-0.2, -0.15) is 26.3 Å². The van der Waals surface area contributed by atoms with Crippen LogP contribution in [0.3, 0.4) is 0 Å². The normalized spacial score (nSPS) is 13.1. The highest BCUT2D eigenvalue weighted by molar-refractivity contribution is 14.1. The van der Waals surface area contributed by atoms with Crippen LogP contribution in [0.5, 0.6) is 5.75 Å². The molecule has 0 bridgehead atoms. The topological polar surface area (TPSA) is 55.8 Å². The van der Waals surface area contributed by atoms with Gasteiger partial charge in [-0.1, -0.05) is 17.9 Å². The molecule has 0 saturated carbocycles. The number of carbonyl (C=O) groups is 1. The largest absolute Gasteiger partial charge is 0.488 e. The van der Waals surface area contributed by atoms with Gasteiger partial charge in [-0.25, -0.2) is 4.79 Å². The van der Waals surface area contributed by atoms with Crippen LogP contribution in [0.4, 0.5) is 26.3 Å². The molecule has 0 heterocycles. The molecule has 1 unspecified atom stereocenters. The summed E-state index contributed by atoms with van der Waals surface area (Å²) in [4.78, 5) is 11.2. The van der Waals surface area contributed by atoms with E-state index in [0.29, 0.717) is 27.0 Å². The highest BCUT2D eigenvalue weighted by atomic mass is 127. The van der Waals surface area contributed by atoms with E-state index < -0.39 is 41.1 Å². The van der Waals surface area contributed by atoms with Crippen LogP contribution in [0.15, 0.2) is 48.0 Å². The zero-order valence-corrected chi connectivity index (χ0v) is 21.2. The van der Waals surface area contributed by atoms with Crippen LogP contribution >= 0.6 is 22.6 Å². The number of ether oxygens (including phenoxy) is 2. The Morgan fingerprint density at radius 1 is 1.08 bits per heavy atom. The third-order valence-electron chi connectivity index (χ3n) is 4.68. The maximum atomic E-state index is 13.0. The van der Waals surface area contributed by atoms with Crippen molar-refractivity contribution in [1.82, 2.24) is 0 Å². The molecule has 0 radical (unpaired) electrons. The van der Waals surface area contributed by atoms with E-state index in [9.17, 15) is 36.2 Å². The van der Waals surface area contributed by atoms with Crippen molar-refractivity contribution in [2.45, 2.75) is 38.7 Å². The Labute approximate surface area is 217 Å². The highest BCUT2D eigenvalue weighted by Gasteiger charge is 2.36. The minimum Gasteiger partial charge on any atom is -0.488 e. The predicted octanol–water partition coefficient (Wildman–Crippen LogP) is 6.74. The minimum atomic E-state index is -4.94. The molecule has 11 heteroatoms. The summed E-state index contributed by atoms with van der Waals surface area (Å²) in [6.07, 6.45) is -9.14. The van der Waals surface area contributed by atoms with Crippen molar-refractivity contribution in [3.8, 4) is 17.6 Å². The van der Waals surface area contributed by atoms with Crippen molar-refractivity contribution in [3.63, 3.8) is 0 Å². The SMILES string of the molecule is CCOC(Cc1ccc(OCC=C(C)C#Cc2cc(C(F)(F)F)cc(C(F)(F)F)c2)c(I)c1)C(=O)O. The lowest BCUT2D eigenvalue weighted by atomic mass is 10.0. The Balaban J connectivity index is 2.11. The molecular formula is C25H21F6IO4. The molecule has 0 amide bonds. The molecule has 2 aromatic rings. The molecule has 0 fully saturated rings. The van der Waals surface area contributed by atoms with Gasteiger partial charge in [0, 0.05) is 18.6 Å². The molecule has 4 nitrogen and oxygen atoms in total. The van der Waals surface area contributed by atoms with Crippen LogP contribution in [-0.2, 0) is 28.3 Å². The Hall–Kier alpha value is -2.72. The van der Waals surface area contributed by atoms with Crippen LogP contribution in [0.1, 0.15) is 36.1 Å². The fourth-order valence-corrected chi connectivity index (χ4v) is 3.66. The summed E-state index contributed by atoms with van der Waals surface area (Å²) in [6.45, 7) is 3.56. The second-order valence-corrected chi connectivity index (χ2v) is 8.66. The minimum absolute atomic E-state index is 0.0446. The van der Waals surface area contributed by atoms with Crippen LogP contribution in [0, 0.1) is 15.4 Å². The maximum Gasteiger partial charge on any atom is 0.416 e. The summed E-state index contributed by atoms with van der Waals surface area (Å²) < 4.78 is 89.4. The van der Waals surface area contributed by atoms with E-state index in [4.69, 9.17) is 9.47 Å². The summed E-state index contributed by atoms with van der Waals surface area (Å²) in [7, 11) is 0. The average Bonchev–Trinajstić information content (AvgIpc) is 2.77. The Bertz CT molecular complexity index is 1140. The van der Waals surface area contributed by atoms with Crippen molar-refractivity contribution >= 4 is 28.6 Å². The first-order valence-corrected chi connectivity index (χ1v) is 11.5. The molecule has 0 aliphatic carbocycles. The lowest BCUT2D eigenvalue weighted by Crippen LogP contribution is -2.26. The van der Waals surface area contributed by atoms with Crippen molar-refractivity contribution in [3.05, 3.63) is 73.9 Å². The number of alkyl halides is 6. The predicted molar refractivity (Wildman–Crippen MR) is 128 cm³/mol. The maximum absolute atomic E-state index is 13.0. The fourth-order valence-electron chi connectivity index (χ4n) is 2.93. The van der Waals surface area contributed by atoms with Crippen LogP contribution in [0.2, 0.25) is 0 Å². The van der Waals surface area contributed by atoms with E-state index in [-0.39, 0.29) is 25.7 Å². The van der Waals surface area contributed by atoms with E-state index in [1.54, 1.807) is 32.0 Å². The summed E-state index contributed by atoms with van der Waals surface area (Å²) in [5, 5.41) is 9.20. The molecule has 1 atom stereocenters. The molecule has 2 aromatic carbocycles. The first-order valence-electron chi connectivity index (χ1n) is 10.4. The molecule has 194 valence electrons. The van der Waals surface area contributed by atoms with Crippen LogP contribution in [-0.4, -0.2) is 30.4 Å². The van der Waals surface area contributed by atoms with E-state index in [0.717, 1.165) is 5.56 Å². The van der Waals surface area contributed by atoms with Crippen molar-refractivity contribution in [2.75, 3.05) is 13.2 Å². The zero-order valence-electron chi connectivity index (χ0n) is 19.1.